The van der Waals surface area contributed by atoms with Gasteiger partial charge in [0.25, 0.3) is 0 Å². The Kier molecular flexibility index (Phi) is 8.70. The monoisotopic (exact) mass is 218 g/mol. The molecule has 0 aromatic heterocycles. The highest BCUT2D eigenvalue weighted by molar-refractivity contribution is 5.69. The van der Waals surface area contributed by atoms with E-state index in [1.165, 1.54) is 0 Å². The molecule has 0 fully saturated rings. The fraction of sp³-hybridized carbons (Fsp3) is 0.778. The standard InChI is InChI=1S/C9H18N2O4/c10-14-8(12)6-4-2-1-3-5-7-9(13)15-11/h1-7,10-11H2. The molecule has 0 rings (SSSR count). The van der Waals surface area contributed by atoms with E-state index in [9.17, 15) is 9.59 Å². The smallest absolute Gasteiger partial charge is 0.324 e. The minimum Gasteiger partial charge on any atom is -0.373 e. The van der Waals surface area contributed by atoms with Crippen LogP contribution < -0.4 is 11.8 Å². The van der Waals surface area contributed by atoms with Crippen molar-refractivity contribution in [1.29, 1.82) is 0 Å². The summed E-state index contributed by atoms with van der Waals surface area (Å²) < 4.78 is 0. The molecule has 15 heavy (non-hydrogen) atoms. The average molecular weight is 218 g/mol. The van der Waals surface area contributed by atoms with Crippen molar-refractivity contribution in [2.24, 2.45) is 11.8 Å². The number of nitrogens with two attached hydrogens (primary N) is 2. The van der Waals surface area contributed by atoms with Gasteiger partial charge in [0, 0.05) is 12.8 Å². The van der Waals surface area contributed by atoms with Gasteiger partial charge in [0.15, 0.2) is 0 Å². The minimum atomic E-state index is -0.387. The predicted molar refractivity (Wildman–Crippen MR) is 52.9 cm³/mol. The van der Waals surface area contributed by atoms with Crippen LogP contribution in [0.3, 0.4) is 0 Å². The molecule has 0 spiro atoms. The minimum absolute atomic E-state index is 0.349. The molecule has 0 aliphatic carbocycles. The average Bonchev–Trinajstić information content (AvgIpc) is 2.26. The van der Waals surface area contributed by atoms with Crippen LogP contribution in [0.5, 0.6) is 0 Å². The number of unbranched alkanes of at least 4 members (excludes halogenated alkanes) is 4. The van der Waals surface area contributed by atoms with Crippen LogP contribution in [0.2, 0.25) is 0 Å². The molecule has 88 valence electrons. The van der Waals surface area contributed by atoms with Gasteiger partial charge in [-0.25, -0.2) is 0 Å². The molecule has 0 aromatic rings. The molecule has 0 atom stereocenters. The zero-order valence-corrected chi connectivity index (χ0v) is 8.74. The van der Waals surface area contributed by atoms with E-state index in [0.717, 1.165) is 32.1 Å². The van der Waals surface area contributed by atoms with Crippen molar-refractivity contribution in [2.75, 3.05) is 0 Å². The summed E-state index contributed by atoms with van der Waals surface area (Å²) in [4.78, 5) is 29.2. The first-order chi connectivity index (χ1) is 7.20. The summed E-state index contributed by atoms with van der Waals surface area (Å²) in [7, 11) is 0. The highest BCUT2D eigenvalue weighted by Crippen LogP contribution is 2.07. The molecular formula is C9H18N2O4. The number of rotatable bonds is 8. The Hall–Kier alpha value is -1.14. The van der Waals surface area contributed by atoms with Crippen molar-refractivity contribution in [2.45, 2.75) is 44.9 Å². The van der Waals surface area contributed by atoms with Gasteiger partial charge in [-0.15, -0.1) is 0 Å². The van der Waals surface area contributed by atoms with Crippen molar-refractivity contribution < 1.29 is 19.3 Å². The van der Waals surface area contributed by atoms with Crippen molar-refractivity contribution in [3.8, 4) is 0 Å². The Morgan fingerprint density at radius 3 is 1.40 bits per heavy atom. The Morgan fingerprint density at radius 1 is 0.733 bits per heavy atom. The Labute approximate surface area is 88.8 Å². The summed E-state index contributed by atoms with van der Waals surface area (Å²) in [5.41, 5.74) is 0. The van der Waals surface area contributed by atoms with Gasteiger partial charge in [-0.3, -0.25) is 9.59 Å². The largest absolute Gasteiger partial charge is 0.373 e. The number of hydrogen-bond acceptors (Lipinski definition) is 6. The highest BCUT2D eigenvalue weighted by atomic mass is 16.7. The molecule has 6 nitrogen and oxygen atoms in total. The van der Waals surface area contributed by atoms with Crippen molar-refractivity contribution in [3.05, 3.63) is 0 Å². The van der Waals surface area contributed by atoms with Crippen LogP contribution in [-0.2, 0) is 19.3 Å². The fourth-order valence-corrected chi connectivity index (χ4v) is 1.19. The van der Waals surface area contributed by atoms with Crippen LogP contribution in [0.25, 0.3) is 0 Å². The van der Waals surface area contributed by atoms with E-state index in [0.29, 0.717) is 12.8 Å². The van der Waals surface area contributed by atoms with Crippen LogP contribution in [-0.4, -0.2) is 11.9 Å². The molecule has 4 N–H and O–H groups in total. The molecule has 6 heteroatoms. The van der Waals surface area contributed by atoms with Gasteiger partial charge in [0.1, 0.15) is 0 Å². The second-order valence-electron chi connectivity index (χ2n) is 3.25. The summed E-state index contributed by atoms with van der Waals surface area (Å²) in [6.45, 7) is 0. The van der Waals surface area contributed by atoms with E-state index in [4.69, 9.17) is 0 Å². The summed E-state index contributed by atoms with van der Waals surface area (Å²) in [6, 6.07) is 0. The lowest BCUT2D eigenvalue weighted by atomic mass is 10.1. The second-order valence-corrected chi connectivity index (χ2v) is 3.25. The van der Waals surface area contributed by atoms with Crippen LogP contribution in [0.15, 0.2) is 0 Å². The number of carbonyl (C=O) groups excluding carboxylic acids is 2. The first-order valence-electron chi connectivity index (χ1n) is 5.00. The molecule has 0 amide bonds. The Bertz CT molecular complexity index is 177. The van der Waals surface area contributed by atoms with Crippen molar-refractivity contribution >= 4 is 11.9 Å². The normalized spacial score (nSPS) is 9.73. The van der Waals surface area contributed by atoms with Gasteiger partial charge in [0.2, 0.25) is 0 Å². The maximum Gasteiger partial charge on any atom is 0.324 e. The van der Waals surface area contributed by atoms with Gasteiger partial charge >= 0.3 is 11.9 Å². The predicted octanol–water partition coefficient (Wildman–Crippen LogP) is 0.551. The zero-order chi connectivity index (χ0) is 11.5. The lowest BCUT2D eigenvalue weighted by Crippen LogP contribution is -2.09. The lowest BCUT2D eigenvalue weighted by Gasteiger charge is -2.00. The van der Waals surface area contributed by atoms with E-state index in [1.54, 1.807) is 0 Å². The van der Waals surface area contributed by atoms with Gasteiger partial charge in [-0.2, -0.15) is 11.8 Å². The summed E-state index contributed by atoms with van der Waals surface area (Å²) in [5, 5.41) is 0. The maximum atomic E-state index is 10.6. The number of hydrogen-bond donors (Lipinski definition) is 2. The molecule has 0 saturated carbocycles. The molecule has 0 aromatic carbocycles. The molecule has 0 unspecified atom stereocenters. The molecule has 0 bridgehead atoms. The number of carbonyl (C=O) groups is 2. The molecule has 0 heterocycles. The molecule has 0 aliphatic heterocycles. The third-order valence-corrected chi connectivity index (χ3v) is 2.02. The van der Waals surface area contributed by atoms with Gasteiger partial charge in [-0.1, -0.05) is 19.3 Å². The zero-order valence-electron chi connectivity index (χ0n) is 8.74. The van der Waals surface area contributed by atoms with E-state index in [2.05, 4.69) is 21.5 Å². The van der Waals surface area contributed by atoms with Gasteiger partial charge < -0.3 is 9.68 Å². The second kappa shape index (κ2) is 9.42. The summed E-state index contributed by atoms with van der Waals surface area (Å²) in [6.07, 6.45) is 5.03. The quantitative estimate of drug-likeness (QED) is 0.455. The molecule has 0 radical (unpaired) electrons. The fourth-order valence-electron chi connectivity index (χ4n) is 1.19. The van der Waals surface area contributed by atoms with Crippen LogP contribution in [0.4, 0.5) is 0 Å². The highest BCUT2D eigenvalue weighted by Gasteiger charge is 2.01. The van der Waals surface area contributed by atoms with Crippen LogP contribution in [0.1, 0.15) is 44.9 Å². The third kappa shape index (κ3) is 9.17. The van der Waals surface area contributed by atoms with E-state index in [-0.39, 0.29) is 11.9 Å². The van der Waals surface area contributed by atoms with Crippen molar-refractivity contribution in [3.63, 3.8) is 0 Å². The van der Waals surface area contributed by atoms with Gasteiger partial charge in [0.05, 0.1) is 0 Å². The molecule has 0 aliphatic rings. The SMILES string of the molecule is NOC(=O)CCCCCCCC(=O)ON. The Balaban J connectivity index is 3.11. The third-order valence-electron chi connectivity index (χ3n) is 2.02. The first-order valence-corrected chi connectivity index (χ1v) is 5.00. The van der Waals surface area contributed by atoms with E-state index in [1.807, 2.05) is 0 Å². The molecular weight excluding hydrogens is 200 g/mol. The van der Waals surface area contributed by atoms with Crippen LogP contribution in [0, 0.1) is 0 Å². The van der Waals surface area contributed by atoms with Crippen molar-refractivity contribution in [1.82, 2.24) is 0 Å². The topological polar surface area (TPSA) is 105 Å². The lowest BCUT2D eigenvalue weighted by molar-refractivity contribution is -0.145. The van der Waals surface area contributed by atoms with E-state index < -0.39 is 0 Å². The molecule has 0 saturated heterocycles. The Morgan fingerprint density at radius 2 is 1.07 bits per heavy atom. The summed E-state index contributed by atoms with van der Waals surface area (Å²) >= 11 is 0. The van der Waals surface area contributed by atoms with Gasteiger partial charge in [-0.05, 0) is 12.8 Å². The van der Waals surface area contributed by atoms with Crippen LogP contribution >= 0.6 is 0 Å². The summed E-state index contributed by atoms with van der Waals surface area (Å²) in [5.74, 6) is 8.57. The first kappa shape index (κ1) is 13.9. The van der Waals surface area contributed by atoms with E-state index >= 15 is 0 Å². The maximum absolute atomic E-state index is 10.6.